The van der Waals surface area contributed by atoms with Crippen LogP contribution in [0.5, 0.6) is 0 Å². The van der Waals surface area contributed by atoms with Crippen molar-refractivity contribution in [2.24, 2.45) is 92.7 Å². The van der Waals surface area contributed by atoms with E-state index < -0.39 is 48.0 Å². The van der Waals surface area contributed by atoms with Gasteiger partial charge in [-0.1, -0.05) is 41.5 Å². The highest BCUT2D eigenvalue weighted by molar-refractivity contribution is 5.99. The third-order valence-electron chi connectivity index (χ3n) is 21.8. The molecule has 0 unspecified atom stereocenters. The number of carbonyl (C=O) groups is 4. The second-order valence-corrected chi connectivity index (χ2v) is 24.5. The van der Waals surface area contributed by atoms with Crippen LogP contribution in [0.15, 0.2) is 0 Å². The molecular formula is C52H84N2O10. The van der Waals surface area contributed by atoms with Gasteiger partial charge in [0, 0.05) is 25.7 Å². The summed E-state index contributed by atoms with van der Waals surface area (Å²) in [6, 6.07) is 0. The topological polar surface area (TPSA) is 214 Å². The van der Waals surface area contributed by atoms with Crippen molar-refractivity contribution in [3.8, 4) is 0 Å². The summed E-state index contributed by atoms with van der Waals surface area (Å²) < 4.78 is 0. The molecule has 12 nitrogen and oxygen atoms in total. The first kappa shape index (κ1) is 48.5. The van der Waals surface area contributed by atoms with Gasteiger partial charge in [-0.25, -0.2) is 0 Å². The van der Waals surface area contributed by atoms with E-state index in [1.165, 1.54) is 0 Å². The van der Waals surface area contributed by atoms with Gasteiger partial charge in [0.25, 0.3) is 0 Å². The van der Waals surface area contributed by atoms with Crippen LogP contribution in [0.3, 0.4) is 0 Å². The van der Waals surface area contributed by atoms with Gasteiger partial charge in [0.2, 0.25) is 23.6 Å². The first-order valence-electron chi connectivity index (χ1n) is 25.9. The molecule has 0 aromatic carbocycles. The molecule has 8 aliphatic rings. The largest absolute Gasteiger partial charge is 0.393 e. The maximum atomic E-state index is 13.0. The Morgan fingerprint density at radius 3 is 1.22 bits per heavy atom. The highest BCUT2D eigenvalue weighted by atomic mass is 16.3. The molecule has 0 radical (unpaired) electrons. The molecule has 0 aromatic heterocycles. The molecule has 8 rings (SSSR count). The average molecular weight is 897 g/mol. The van der Waals surface area contributed by atoms with E-state index in [1.807, 2.05) is 0 Å². The summed E-state index contributed by atoms with van der Waals surface area (Å²) in [5, 5.41) is 72.7. The van der Waals surface area contributed by atoms with E-state index in [0.717, 1.165) is 64.2 Å². The van der Waals surface area contributed by atoms with Crippen molar-refractivity contribution in [3.63, 3.8) is 0 Å². The molecule has 0 bridgehead atoms. The lowest BCUT2D eigenvalue weighted by molar-refractivity contribution is -0.207. The van der Waals surface area contributed by atoms with Gasteiger partial charge in [-0.15, -0.1) is 0 Å². The average Bonchev–Trinajstić information content (AvgIpc) is 3.79. The number of aliphatic hydroxyl groups is 6. The van der Waals surface area contributed by atoms with E-state index in [0.29, 0.717) is 38.5 Å². The van der Waals surface area contributed by atoms with Crippen LogP contribution in [0.2, 0.25) is 0 Å². The number of hydrogen-bond acceptors (Lipinski definition) is 10. The van der Waals surface area contributed by atoms with Gasteiger partial charge in [0.05, 0.1) is 36.6 Å². The molecule has 12 heteroatoms. The third-order valence-corrected chi connectivity index (χ3v) is 21.8. The minimum atomic E-state index is -0.560. The molecule has 8 aliphatic carbocycles. The van der Waals surface area contributed by atoms with E-state index in [1.54, 1.807) is 0 Å². The Morgan fingerprint density at radius 1 is 0.484 bits per heavy atom. The number of aliphatic hydroxyl groups excluding tert-OH is 6. The van der Waals surface area contributed by atoms with Crippen LogP contribution >= 0.6 is 0 Å². The monoisotopic (exact) mass is 897 g/mol. The number of imide groups is 2. The quantitative estimate of drug-likeness (QED) is 0.125. The zero-order valence-corrected chi connectivity index (χ0v) is 39.9. The van der Waals surface area contributed by atoms with Gasteiger partial charge in [0.1, 0.15) is 0 Å². The standard InChI is InChI=1S/C52H84N2O10/c1-27(33-9-11-35-47-37(25-41(59)51(33,35)5)49(3)19-17-31(55)21-29(49)23-39(47)57)7-13-43(61)53-45(63)15-16-46(64)54-44(62)14-8-28(2)34-10-12-36-48-38(26-42(60)52(34,36)6)50(4)20-18-32(56)22-30(50)24-40(48)58/h27-42,47-48,55-60H,7-26H2,1-6H3,(H,53,61,63)(H,54,62,64)/t27-,28-,29+,30+,31-,32-,33-,34-,35+,36+,37+,38+,39-,40-,41+,42+,47+,48+,49+,50+,51-,52-/m1/s1. The van der Waals surface area contributed by atoms with Crippen molar-refractivity contribution >= 4 is 23.6 Å². The fraction of sp³-hybridized carbons (Fsp3) is 0.923. The Labute approximate surface area is 382 Å². The summed E-state index contributed by atoms with van der Waals surface area (Å²) in [6.45, 7) is 13.3. The Kier molecular flexibility index (Phi) is 13.8. The normalized spacial score (nSPS) is 49.1. The van der Waals surface area contributed by atoms with Gasteiger partial charge >= 0.3 is 0 Å². The van der Waals surface area contributed by atoms with Crippen LogP contribution in [-0.4, -0.2) is 90.9 Å². The Balaban J connectivity index is 0.758. The van der Waals surface area contributed by atoms with Gasteiger partial charge < -0.3 is 30.6 Å². The van der Waals surface area contributed by atoms with E-state index in [2.05, 4.69) is 52.2 Å². The van der Waals surface area contributed by atoms with Crippen LogP contribution < -0.4 is 10.6 Å². The summed E-state index contributed by atoms with van der Waals surface area (Å²) >= 11 is 0. The number of amides is 4. The van der Waals surface area contributed by atoms with E-state index in [9.17, 15) is 49.8 Å². The third kappa shape index (κ3) is 8.27. The molecule has 8 N–H and O–H groups in total. The van der Waals surface area contributed by atoms with Crippen molar-refractivity contribution < 1.29 is 49.8 Å². The summed E-state index contributed by atoms with van der Waals surface area (Å²) in [6.07, 6.45) is 9.71. The minimum Gasteiger partial charge on any atom is -0.393 e. The first-order chi connectivity index (χ1) is 30.1. The number of hydrogen-bond donors (Lipinski definition) is 8. The van der Waals surface area contributed by atoms with Gasteiger partial charge in [-0.05, 0) is 195 Å². The van der Waals surface area contributed by atoms with E-state index in [-0.39, 0.29) is 131 Å². The second-order valence-electron chi connectivity index (χ2n) is 24.5. The molecule has 0 aromatic rings. The van der Waals surface area contributed by atoms with Crippen molar-refractivity contribution in [1.29, 1.82) is 0 Å². The molecular weight excluding hydrogens is 813 g/mol. The van der Waals surface area contributed by atoms with Crippen molar-refractivity contribution in [2.45, 2.75) is 207 Å². The van der Waals surface area contributed by atoms with Gasteiger partial charge in [-0.3, -0.25) is 29.8 Å². The summed E-state index contributed by atoms with van der Waals surface area (Å²) in [5.41, 5.74) is -0.742. The van der Waals surface area contributed by atoms with E-state index in [4.69, 9.17) is 0 Å². The lowest BCUT2D eigenvalue weighted by Gasteiger charge is -2.63. The zero-order valence-electron chi connectivity index (χ0n) is 39.9. The SMILES string of the molecule is C[C@H](CCC(=O)NC(=O)CCC(=O)NC(=O)CC[C@@H](C)[C@H]1CC[C@H]2[C@@H]3[C@H](O)C[C@@H]4C[C@H](O)CC[C@]4(C)[C@H]3C[C@H](O)[C@]12C)[C@H]1CC[C@H]2[C@@H]3[C@H](O)C[C@@H]4C[C@H](O)CC[C@]4(C)[C@H]3C[C@H](O)[C@]12C. The molecule has 0 aliphatic heterocycles. The number of rotatable bonds is 11. The van der Waals surface area contributed by atoms with Crippen molar-refractivity contribution in [1.82, 2.24) is 10.6 Å². The summed E-state index contributed by atoms with van der Waals surface area (Å²) in [7, 11) is 0. The van der Waals surface area contributed by atoms with Crippen LogP contribution in [0.25, 0.3) is 0 Å². The highest BCUT2D eigenvalue weighted by Gasteiger charge is 2.67. The van der Waals surface area contributed by atoms with Crippen LogP contribution in [0.1, 0.15) is 170 Å². The van der Waals surface area contributed by atoms with Crippen molar-refractivity contribution in [3.05, 3.63) is 0 Å². The van der Waals surface area contributed by atoms with Crippen LogP contribution in [0.4, 0.5) is 0 Å². The number of carbonyl (C=O) groups excluding carboxylic acids is 4. The van der Waals surface area contributed by atoms with E-state index >= 15 is 0 Å². The lowest BCUT2D eigenvalue weighted by atomic mass is 9.43. The Hall–Kier alpha value is -1.96. The maximum absolute atomic E-state index is 13.0. The molecule has 362 valence electrons. The smallest absolute Gasteiger partial charge is 0.227 e. The van der Waals surface area contributed by atoms with Crippen molar-refractivity contribution in [2.75, 3.05) is 0 Å². The highest BCUT2D eigenvalue weighted by Crippen LogP contribution is 2.70. The van der Waals surface area contributed by atoms with Gasteiger partial charge in [-0.2, -0.15) is 0 Å². The molecule has 4 amide bonds. The molecule has 0 saturated heterocycles. The fourth-order valence-electron chi connectivity index (χ4n) is 18.2. The molecule has 64 heavy (non-hydrogen) atoms. The Morgan fingerprint density at radius 2 is 0.844 bits per heavy atom. The molecule has 8 saturated carbocycles. The predicted molar refractivity (Wildman–Crippen MR) is 240 cm³/mol. The number of nitrogens with one attached hydrogen (secondary N) is 2. The zero-order chi connectivity index (χ0) is 46.3. The van der Waals surface area contributed by atoms with Crippen LogP contribution in [0, 0.1) is 92.7 Å². The molecule has 0 heterocycles. The molecule has 22 atom stereocenters. The fourth-order valence-corrected chi connectivity index (χ4v) is 18.2. The lowest BCUT2D eigenvalue weighted by Crippen LogP contribution is -2.62. The molecule has 8 fully saturated rings. The summed E-state index contributed by atoms with van der Waals surface area (Å²) in [4.78, 5) is 51.5. The maximum Gasteiger partial charge on any atom is 0.227 e. The first-order valence-corrected chi connectivity index (χ1v) is 25.9. The number of fused-ring (bicyclic) bond motifs is 10. The second kappa shape index (κ2) is 18.2. The summed E-state index contributed by atoms with van der Waals surface area (Å²) in [5.74, 6) is 0.223. The predicted octanol–water partition coefficient (Wildman–Crippen LogP) is 5.81. The Bertz CT molecular complexity index is 1640. The van der Waals surface area contributed by atoms with Gasteiger partial charge in [0.15, 0.2) is 0 Å². The minimum absolute atomic E-state index is 0.00628. The molecule has 0 spiro atoms. The van der Waals surface area contributed by atoms with Crippen LogP contribution in [-0.2, 0) is 19.2 Å².